The second-order valence-electron chi connectivity index (χ2n) is 9.56. The minimum atomic E-state index is -4.76. The van der Waals surface area contributed by atoms with Crippen LogP contribution < -0.4 is 10.9 Å². The molecule has 2 aliphatic rings. The van der Waals surface area contributed by atoms with Gasteiger partial charge < -0.3 is 19.9 Å². The highest BCUT2D eigenvalue weighted by atomic mass is 19.4. The Hall–Kier alpha value is -3.80. The van der Waals surface area contributed by atoms with Crippen LogP contribution in [0.5, 0.6) is 0 Å². The zero-order valence-corrected chi connectivity index (χ0v) is 19.9. The van der Waals surface area contributed by atoms with E-state index in [2.05, 4.69) is 10.3 Å². The normalized spacial score (nSPS) is 18.4. The Balaban J connectivity index is 1.41. The molecule has 0 bridgehead atoms. The second kappa shape index (κ2) is 9.50. The molecule has 1 spiro atoms. The quantitative estimate of drug-likeness (QED) is 0.500. The van der Waals surface area contributed by atoms with Crippen molar-refractivity contribution in [2.75, 3.05) is 18.4 Å². The second-order valence-corrected chi connectivity index (χ2v) is 9.56. The zero-order chi connectivity index (χ0) is 27.2. The number of piperidine rings is 1. The highest BCUT2D eigenvalue weighted by molar-refractivity contribution is 5.79. The van der Waals surface area contributed by atoms with Crippen LogP contribution in [-0.2, 0) is 23.2 Å². The molecule has 1 saturated heterocycles. The Morgan fingerprint density at radius 3 is 2.61 bits per heavy atom. The summed E-state index contributed by atoms with van der Waals surface area (Å²) in [6.45, 7) is -1.18. The van der Waals surface area contributed by atoms with Crippen LogP contribution in [0.1, 0.15) is 24.0 Å². The fourth-order valence-electron chi connectivity index (χ4n) is 5.32. The number of carbonyl (C=O) groups excluding carboxylic acids is 1. The van der Waals surface area contributed by atoms with Gasteiger partial charge in [-0.15, -0.1) is 0 Å². The number of likely N-dealkylation sites (tertiary alicyclic amines) is 1. The van der Waals surface area contributed by atoms with Crippen LogP contribution in [0.25, 0.3) is 11.1 Å². The average Bonchev–Trinajstić information content (AvgIpc) is 3.13. The number of amides is 1. The Kier molecular flexibility index (Phi) is 6.46. The summed E-state index contributed by atoms with van der Waals surface area (Å²) in [5.74, 6) is -2.40. The van der Waals surface area contributed by atoms with Crippen molar-refractivity contribution >= 4 is 11.7 Å². The predicted molar refractivity (Wildman–Crippen MR) is 127 cm³/mol. The maximum atomic E-state index is 14.4. The summed E-state index contributed by atoms with van der Waals surface area (Å²) in [6, 6.07) is 7.99. The van der Waals surface area contributed by atoms with Gasteiger partial charge in [0.15, 0.2) is 11.6 Å². The van der Waals surface area contributed by atoms with E-state index in [0.29, 0.717) is 23.2 Å². The molecule has 0 aliphatic carbocycles. The van der Waals surface area contributed by atoms with Gasteiger partial charge in [0.05, 0.1) is 6.42 Å². The standard InChI is InChI=1S/C26H23F5N4O3/c27-19-5-1-3-17(21(19)28)16-11-15(23(37)35(13-16)14-26(29,30)31)12-20(36)34-9-6-25(7-10-34)18-4-2-8-32-22(18)33-24(25)38/h1-5,8,11,13,24,38H,6-7,9-10,12,14H2,(H,32,33). The fraction of sp³-hybridized carbons (Fsp3) is 0.346. The highest BCUT2D eigenvalue weighted by Crippen LogP contribution is 2.46. The fourth-order valence-corrected chi connectivity index (χ4v) is 5.32. The lowest BCUT2D eigenvalue weighted by Gasteiger charge is -2.41. The van der Waals surface area contributed by atoms with E-state index in [1.54, 1.807) is 12.3 Å². The Morgan fingerprint density at radius 2 is 1.89 bits per heavy atom. The molecule has 12 heteroatoms. The lowest BCUT2D eigenvalue weighted by atomic mass is 9.73. The molecule has 2 aliphatic heterocycles. The van der Waals surface area contributed by atoms with Crippen molar-refractivity contribution in [2.24, 2.45) is 0 Å². The number of hydrogen-bond acceptors (Lipinski definition) is 5. The maximum absolute atomic E-state index is 14.4. The topological polar surface area (TPSA) is 87.5 Å². The minimum absolute atomic E-state index is 0.157. The van der Waals surface area contributed by atoms with E-state index in [4.69, 9.17) is 0 Å². The third-order valence-corrected chi connectivity index (χ3v) is 7.26. The minimum Gasteiger partial charge on any atom is -0.373 e. The smallest absolute Gasteiger partial charge is 0.373 e. The molecule has 5 rings (SSSR count). The van der Waals surface area contributed by atoms with E-state index in [1.165, 1.54) is 17.0 Å². The number of nitrogens with zero attached hydrogens (tertiary/aromatic N) is 3. The number of anilines is 1. The van der Waals surface area contributed by atoms with Crippen LogP contribution in [0.2, 0.25) is 0 Å². The Bertz CT molecular complexity index is 1450. The largest absolute Gasteiger partial charge is 0.406 e. The average molecular weight is 534 g/mol. The van der Waals surface area contributed by atoms with Gasteiger partial charge in [-0.25, -0.2) is 13.8 Å². The number of benzene rings is 1. The predicted octanol–water partition coefficient (Wildman–Crippen LogP) is 3.60. The molecule has 1 amide bonds. The van der Waals surface area contributed by atoms with Crippen LogP contribution in [0.15, 0.2) is 53.6 Å². The highest BCUT2D eigenvalue weighted by Gasteiger charge is 2.49. The number of nitrogens with one attached hydrogen (secondary N) is 1. The molecular weight excluding hydrogens is 511 g/mol. The van der Waals surface area contributed by atoms with E-state index in [9.17, 15) is 36.6 Å². The van der Waals surface area contributed by atoms with Crippen LogP contribution in [-0.4, -0.2) is 51.0 Å². The molecule has 38 heavy (non-hydrogen) atoms. The van der Waals surface area contributed by atoms with E-state index >= 15 is 0 Å². The van der Waals surface area contributed by atoms with Gasteiger partial charge in [-0.2, -0.15) is 13.2 Å². The Labute approximate surface area is 213 Å². The molecule has 0 saturated carbocycles. The van der Waals surface area contributed by atoms with E-state index in [-0.39, 0.29) is 29.8 Å². The third kappa shape index (κ3) is 4.64. The van der Waals surface area contributed by atoms with Crippen molar-refractivity contribution in [1.82, 2.24) is 14.5 Å². The van der Waals surface area contributed by atoms with Crippen molar-refractivity contribution in [3.63, 3.8) is 0 Å². The van der Waals surface area contributed by atoms with Gasteiger partial charge in [0.25, 0.3) is 5.56 Å². The Morgan fingerprint density at radius 1 is 1.16 bits per heavy atom. The van der Waals surface area contributed by atoms with Gasteiger partial charge in [-0.3, -0.25) is 9.59 Å². The van der Waals surface area contributed by atoms with Crippen molar-refractivity contribution in [3.05, 3.63) is 81.9 Å². The van der Waals surface area contributed by atoms with Gasteiger partial charge in [-0.1, -0.05) is 18.2 Å². The number of rotatable bonds is 4. The molecule has 2 N–H and O–H groups in total. The molecule has 7 nitrogen and oxygen atoms in total. The number of aromatic nitrogens is 2. The summed E-state index contributed by atoms with van der Waals surface area (Å²) in [5, 5.41) is 13.6. The first kappa shape index (κ1) is 25.8. The number of hydrogen-bond donors (Lipinski definition) is 2. The van der Waals surface area contributed by atoms with Crippen LogP contribution >= 0.6 is 0 Å². The first-order valence-electron chi connectivity index (χ1n) is 11.9. The van der Waals surface area contributed by atoms with Crippen molar-refractivity contribution < 1.29 is 31.9 Å². The molecular formula is C26H23F5N4O3. The molecule has 1 aromatic carbocycles. The maximum Gasteiger partial charge on any atom is 0.406 e. The van der Waals surface area contributed by atoms with Crippen LogP contribution in [0, 0.1) is 11.6 Å². The molecule has 1 unspecified atom stereocenters. The van der Waals surface area contributed by atoms with Crippen molar-refractivity contribution in [2.45, 2.75) is 43.6 Å². The molecule has 2 aromatic heterocycles. The number of fused-ring (bicyclic) bond motifs is 2. The van der Waals surface area contributed by atoms with E-state index in [0.717, 1.165) is 23.9 Å². The summed E-state index contributed by atoms with van der Waals surface area (Å²) in [4.78, 5) is 31.7. The molecule has 0 radical (unpaired) electrons. The SMILES string of the molecule is O=C(Cc1cc(-c2cccc(F)c2F)cn(CC(F)(F)F)c1=O)N1CCC2(CC1)c1cccnc1NC2O. The lowest BCUT2D eigenvalue weighted by molar-refractivity contribution is -0.141. The molecule has 4 heterocycles. The van der Waals surface area contributed by atoms with Crippen LogP contribution in [0.4, 0.5) is 27.8 Å². The van der Waals surface area contributed by atoms with Gasteiger partial charge in [-0.05, 0) is 31.0 Å². The summed E-state index contributed by atoms with van der Waals surface area (Å²) in [7, 11) is 0. The third-order valence-electron chi connectivity index (χ3n) is 7.26. The van der Waals surface area contributed by atoms with Gasteiger partial charge >= 0.3 is 6.18 Å². The van der Waals surface area contributed by atoms with Gasteiger partial charge in [0.2, 0.25) is 5.91 Å². The zero-order valence-electron chi connectivity index (χ0n) is 19.9. The monoisotopic (exact) mass is 534 g/mol. The van der Waals surface area contributed by atoms with E-state index < -0.39 is 53.9 Å². The summed E-state index contributed by atoms with van der Waals surface area (Å²) in [5.41, 5.74) is -1.59. The number of pyridine rings is 2. The first-order valence-corrected chi connectivity index (χ1v) is 11.9. The number of halogens is 5. The molecule has 3 aromatic rings. The van der Waals surface area contributed by atoms with Crippen LogP contribution in [0.3, 0.4) is 0 Å². The summed E-state index contributed by atoms with van der Waals surface area (Å²) < 4.78 is 68.1. The molecule has 200 valence electrons. The van der Waals surface area contributed by atoms with Gasteiger partial charge in [0, 0.05) is 53.2 Å². The number of alkyl halides is 3. The molecule has 1 fully saturated rings. The van der Waals surface area contributed by atoms with E-state index in [1.807, 2.05) is 6.07 Å². The summed E-state index contributed by atoms with van der Waals surface area (Å²) >= 11 is 0. The van der Waals surface area contributed by atoms with Crippen molar-refractivity contribution in [1.29, 1.82) is 0 Å². The number of carbonyl (C=O) groups is 1. The van der Waals surface area contributed by atoms with Crippen molar-refractivity contribution in [3.8, 4) is 11.1 Å². The molecule has 1 atom stereocenters. The lowest BCUT2D eigenvalue weighted by Crippen LogP contribution is -2.50. The first-order chi connectivity index (χ1) is 18.0. The number of aliphatic hydroxyl groups excluding tert-OH is 1. The van der Waals surface area contributed by atoms with Gasteiger partial charge in [0.1, 0.15) is 18.6 Å². The number of aliphatic hydroxyl groups is 1. The summed E-state index contributed by atoms with van der Waals surface area (Å²) in [6.07, 6.45) is -2.95.